The number of hydrogen-bond donors (Lipinski definition) is 1. The number of carbonyl (C=O) groups excluding carboxylic acids is 2. The lowest BCUT2D eigenvalue weighted by molar-refractivity contribution is -0.141. The molecule has 6 heteroatoms. The number of nitrogens with one attached hydrogen (secondary N) is 1. The molecule has 2 amide bonds. The second kappa shape index (κ2) is 13.2. The smallest absolute Gasteiger partial charge is 0.247 e. The number of nitrogens with zero attached hydrogens (tertiary/aromatic N) is 1. The highest BCUT2D eigenvalue weighted by Gasteiger charge is 2.31. The van der Waals surface area contributed by atoms with Crippen LogP contribution < -0.4 is 5.32 Å². The third-order valence-electron chi connectivity index (χ3n) is 5.61. The fourth-order valence-corrected chi connectivity index (χ4v) is 4.03. The summed E-state index contributed by atoms with van der Waals surface area (Å²) in [5.41, 5.74) is 2.51. The summed E-state index contributed by atoms with van der Waals surface area (Å²) >= 11 is 12.1. The molecule has 0 fully saturated rings. The fourth-order valence-electron chi connectivity index (χ4n) is 3.78. The molecule has 0 aliphatic rings. The summed E-state index contributed by atoms with van der Waals surface area (Å²) < 4.78 is 0. The van der Waals surface area contributed by atoms with Crippen LogP contribution in [0, 0.1) is 0 Å². The number of halogens is 2. The molecular formula is C28H30Cl2N2O2. The van der Waals surface area contributed by atoms with Crippen molar-refractivity contribution >= 4 is 35.0 Å². The van der Waals surface area contributed by atoms with E-state index in [0.717, 1.165) is 36.0 Å². The van der Waals surface area contributed by atoms with E-state index in [1.807, 2.05) is 54.6 Å². The van der Waals surface area contributed by atoms with Crippen LogP contribution in [-0.2, 0) is 22.6 Å². The Hall–Kier alpha value is -2.82. The minimum absolute atomic E-state index is 0.144. The summed E-state index contributed by atoms with van der Waals surface area (Å²) in [6, 6.07) is 23.3. The van der Waals surface area contributed by atoms with Gasteiger partial charge in [0.2, 0.25) is 11.8 Å². The Morgan fingerprint density at radius 1 is 0.824 bits per heavy atom. The Kier molecular flexibility index (Phi) is 9.99. The number of unbranched alkanes of at least 4 members (excludes halogenated alkanes) is 2. The van der Waals surface area contributed by atoms with Crippen molar-refractivity contribution in [3.05, 3.63) is 106 Å². The van der Waals surface area contributed by atoms with Crippen LogP contribution in [0.15, 0.2) is 78.9 Å². The van der Waals surface area contributed by atoms with E-state index in [2.05, 4.69) is 12.2 Å². The average Bonchev–Trinajstić information content (AvgIpc) is 2.85. The molecule has 0 radical (unpaired) electrons. The Morgan fingerprint density at radius 3 is 2.00 bits per heavy atom. The van der Waals surface area contributed by atoms with Gasteiger partial charge in [0.1, 0.15) is 6.04 Å². The van der Waals surface area contributed by atoms with Gasteiger partial charge in [-0.1, -0.05) is 97.6 Å². The SMILES string of the molecule is CCCCCNC(=O)[C@H](c1ccccc1)N(Cc1ccc(Cl)cc1)C(=O)Cc1ccc(Cl)cc1. The van der Waals surface area contributed by atoms with Crippen LogP contribution >= 0.6 is 23.2 Å². The predicted octanol–water partition coefficient (Wildman–Crippen LogP) is 6.61. The summed E-state index contributed by atoms with van der Waals surface area (Å²) in [4.78, 5) is 28.8. The van der Waals surface area contributed by atoms with Crippen LogP contribution in [0.5, 0.6) is 0 Å². The first-order valence-electron chi connectivity index (χ1n) is 11.6. The molecule has 0 saturated heterocycles. The second-order valence-corrected chi connectivity index (χ2v) is 9.14. The van der Waals surface area contributed by atoms with Gasteiger partial charge < -0.3 is 10.2 Å². The van der Waals surface area contributed by atoms with Gasteiger partial charge in [0.25, 0.3) is 0 Å². The second-order valence-electron chi connectivity index (χ2n) is 8.26. The van der Waals surface area contributed by atoms with Gasteiger partial charge in [-0.15, -0.1) is 0 Å². The van der Waals surface area contributed by atoms with Gasteiger partial charge in [-0.05, 0) is 47.4 Å². The van der Waals surface area contributed by atoms with E-state index < -0.39 is 6.04 Å². The van der Waals surface area contributed by atoms with Gasteiger partial charge in [0, 0.05) is 23.1 Å². The maximum absolute atomic E-state index is 13.7. The summed E-state index contributed by atoms with van der Waals surface area (Å²) in [5.74, 6) is -0.324. The first kappa shape index (κ1) is 25.8. The Bertz CT molecular complexity index is 1050. The molecule has 0 aliphatic carbocycles. The van der Waals surface area contributed by atoms with E-state index in [-0.39, 0.29) is 24.8 Å². The molecule has 178 valence electrons. The number of rotatable bonds is 11. The number of hydrogen-bond acceptors (Lipinski definition) is 2. The van der Waals surface area contributed by atoms with Gasteiger partial charge in [-0.2, -0.15) is 0 Å². The summed E-state index contributed by atoms with van der Waals surface area (Å²) in [5, 5.41) is 4.28. The van der Waals surface area contributed by atoms with Gasteiger partial charge in [0.15, 0.2) is 0 Å². The fraction of sp³-hybridized carbons (Fsp3) is 0.286. The zero-order chi connectivity index (χ0) is 24.3. The molecule has 0 bridgehead atoms. The monoisotopic (exact) mass is 496 g/mol. The Balaban J connectivity index is 1.93. The molecular weight excluding hydrogens is 467 g/mol. The van der Waals surface area contributed by atoms with Crippen LogP contribution in [0.3, 0.4) is 0 Å². The Morgan fingerprint density at radius 2 is 1.41 bits per heavy atom. The molecule has 1 N–H and O–H groups in total. The standard InChI is InChI=1S/C28H30Cl2N2O2/c1-2-3-7-18-31-28(34)27(23-8-5-4-6-9-23)32(20-22-12-16-25(30)17-13-22)26(33)19-21-10-14-24(29)15-11-21/h4-6,8-17,27H,2-3,7,18-20H2,1H3,(H,31,34)/t27-/m0/s1. The van der Waals surface area contributed by atoms with E-state index >= 15 is 0 Å². The van der Waals surface area contributed by atoms with Crippen LogP contribution in [0.1, 0.15) is 48.9 Å². The van der Waals surface area contributed by atoms with Crippen LogP contribution in [0.2, 0.25) is 10.0 Å². The third-order valence-corrected chi connectivity index (χ3v) is 6.11. The predicted molar refractivity (Wildman–Crippen MR) is 139 cm³/mol. The third kappa shape index (κ3) is 7.61. The largest absolute Gasteiger partial charge is 0.354 e. The maximum atomic E-state index is 13.7. The molecule has 0 spiro atoms. The molecule has 0 aromatic heterocycles. The first-order valence-corrected chi connectivity index (χ1v) is 12.3. The van der Waals surface area contributed by atoms with E-state index in [1.54, 1.807) is 29.2 Å². The van der Waals surface area contributed by atoms with Gasteiger partial charge in [-0.3, -0.25) is 9.59 Å². The van der Waals surface area contributed by atoms with Crippen LogP contribution in [0.25, 0.3) is 0 Å². The molecule has 3 aromatic carbocycles. The van der Waals surface area contributed by atoms with Crippen molar-refractivity contribution < 1.29 is 9.59 Å². The van der Waals surface area contributed by atoms with E-state index in [9.17, 15) is 9.59 Å². The summed E-state index contributed by atoms with van der Waals surface area (Å²) in [6.07, 6.45) is 3.18. The lowest BCUT2D eigenvalue weighted by Gasteiger charge is -2.32. The molecule has 34 heavy (non-hydrogen) atoms. The lowest BCUT2D eigenvalue weighted by atomic mass is 10.0. The van der Waals surface area contributed by atoms with E-state index in [0.29, 0.717) is 16.6 Å². The molecule has 0 aliphatic heterocycles. The van der Waals surface area contributed by atoms with Crippen LogP contribution in [0.4, 0.5) is 0 Å². The molecule has 0 saturated carbocycles. The van der Waals surface area contributed by atoms with E-state index in [1.165, 1.54) is 0 Å². The van der Waals surface area contributed by atoms with Crippen molar-refractivity contribution in [2.24, 2.45) is 0 Å². The van der Waals surface area contributed by atoms with Crippen molar-refractivity contribution in [3.8, 4) is 0 Å². The molecule has 4 nitrogen and oxygen atoms in total. The quantitative estimate of drug-likeness (QED) is 0.303. The highest BCUT2D eigenvalue weighted by molar-refractivity contribution is 6.30. The zero-order valence-electron chi connectivity index (χ0n) is 19.3. The van der Waals surface area contributed by atoms with Crippen molar-refractivity contribution in [2.75, 3.05) is 6.54 Å². The minimum Gasteiger partial charge on any atom is -0.354 e. The lowest BCUT2D eigenvalue weighted by Crippen LogP contribution is -2.44. The molecule has 0 unspecified atom stereocenters. The highest BCUT2D eigenvalue weighted by Crippen LogP contribution is 2.25. The summed E-state index contributed by atoms with van der Waals surface area (Å²) in [7, 11) is 0. The topological polar surface area (TPSA) is 49.4 Å². The molecule has 1 atom stereocenters. The molecule has 3 rings (SSSR count). The summed E-state index contributed by atoms with van der Waals surface area (Å²) in [6.45, 7) is 2.99. The number of benzene rings is 3. The van der Waals surface area contributed by atoms with Crippen molar-refractivity contribution in [1.29, 1.82) is 0 Å². The van der Waals surface area contributed by atoms with Crippen molar-refractivity contribution in [2.45, 2.75) is 45.2 Å². The number of amides is 2. The molecule has 0 heterocycles. The normalized spacial score (nSPS) is 11.6. The highest BCUT2D eigenvalue weighted by atomic mass is 35.5. The van der Waals surface area contributed by atoms with E-state index in [4.69, 9.17) is 23.2 Å². The Labute approximate surface area is 211 Å². The maximum Gasteiger partial charge on any atom is 0.247 e. The number of carbonyl (C=O) groups is 2. The average molecular weight is 497 g/mol. The van der Waals surface area contributed by atoms with Gasteiger partial charge in [-0.25, -0.2) is 0 Å². The zero-order valence-corrected chi connectivity index (χ0v) is 20.9. The van der Waals surface area contributed by atoms with Gasteiger partial charge >= 0.3 is 0 Å². The van der Waals surface area contributed by atoms with Crippen LogP contribution in [-0.4, -0.2) is 23.3 Å². The molecule has 3 aromatic rings. The van der Waals surface area contributed by atoms with Crippen molar-refractivity contribution in [3.63, 3.8) is 0 Å². The first-order chi connectivity index (χ1) is 16.5. The van der Waals surface area contributed by atoms with Gasteiger partial charge in [0.05, 0.1) is 6.42 Å². The minimum atomic E-state index is -0.752. The van der Waals surface area contributed by atoms with Crippen molar-refractivity contribution in [1.82, 2.24) is 10.2 Å².